The average molecular weight is 538 g/mol. The SMILES string of the molecule is CCC[C@@H](CC)Oc1ccc(C(=O)N2CCN(C(=O)c3cc(F)cc(NC=O)c3)CC2)cc1C1CCCCC1. The number of anilines is 1. The van der Waals surface area contributed by atoms with Gasteiger partial charge in [-0.15, -0.1) is 0 Å². The average Bonchev–Trinajstić information content (AvgIpc) is 2.96. The fourth-order valence-corrected chi connectivity index (χ4v) is 5.71. The van der Waals surface area contributed by atoms with Crippen LogP contribution >= 0.6 is 0 Å². The lowest BCUT2D eigenvalue weighted by molar-refractivity contribution is -0.105. The molecule has 1 aliphatic carbocycles. The van der Waals surface area contributed by atoms with E-state index in [0.29, 0.717) is 44.1 Å². The fourth-order valence-electron chi connectivity index (χ4n) is 5.71. The number of benzene rings is 2. The molecule has 8 heteroatoms. The Morgan fingerprint density at radius 3 is 2.26 bits per heavy atom. The Hall–Kier alpha value is -3.42. The highest BCUT2D eigenvalue weighted by Gasteiger charge is 2.28. The van der Waals surface area contributed by atoms with Crippen molar-refractivity contribution in [3.63, 3.8) is 0 Å². The summed E-state index contributed by atoms with van der Waals surface area (Å²) in [4.78, 5) is 40.6. The van der Waals surface area contributed by atoms with Crippen LogP contribution in [0.3, 0.4) is 0 Å². The topological polar surface area (TPSA) is 79.0 Å². The van der Waals surface area contributed by atoms with Crippen molar-refractivity contribution in [2.24, 2.45) is 0 Å². The van der Waals surface area contributed by atoms with Gasteiger partial charge in [0.05, 0.1) is 6.10 Å². The minimum absolute atomic E-state index is 0.0467. The van der Waals surface area contributed by atoms with E-state index in [2.05, 4.69) is 19.2 Å². The second-order valence-corrected chi connectivity index (χ2v) is 10.6. The summed E-state index contributed by atoms with van der Waals surface area (Å²) >= 11 is 0. The lowest BCUT2D eigenvalue weighted by Gasteiger charge is -2.35. The molecule has 1 N–H and O–H groups in total. The first-order chi connectivity index (χ1) is 18.9. The van der Waals surface area contributed by atoms with Crippen LogP contribution in [-0.4, -0.2) is 60.3 Å². The number of carbonyl (C=O) groups is 3. The molecule has 2 aliphatic rings. The van der Waals surface area contributed by atoms with Crippen molar-refractivity contribution in [3.8, 4) is 5.75 Å². The molecule has 0 bridgehead atoms. The standard InChI is InChI=1S/C31H40FN3O4/c1-3-8-27(4-2)39-29-12-11-23(19-28(29)22-9-6-5-7-10-22)30(37)34-13-15-35(16-14-34)31(38)24-17-25(32)20-26(18-24)33-21-36/h11-12,17-22,27H,3-10,13-16H2,1-2H3,(H,33,36)/t27-/m1/s1. The molecule has 0 radical (unpaired) electrons. The molecular weight excluding hydrogens is 497 g/mol. The van der Waals surface area contributed by atoms with Crippen molar-refractivity contribution in [1.29, 1.82) is 0 Å². The predicted octanol–water partition coefficient (Wildman–Crippen LogP) is 6.00. The van der Waals surface area contributed by atoms with Crippen molar-refractivity contribution in [1.82, 2.24) is 9.80 Å². The molecule has 39 heavy (non-hydrogen) atoms. The first-order valence-electron chi connectivity index (χ1n) is 14.3. The van der Waals surface area contributed by atoms with E-state index in [1.807, 2.05) is 18.2 Å². The normalized spacial score (nSPS) is 17.0. The summed E-state index contributed by atoms with van der Waals surface area (Å²) in [6.45, 7) is 5.81. The van der Waals surface area contributed by atoms with Crippen LogP contribution in [0, 0.1) is 5.82 Å². The van der Waals surface area contributed by atoms with Crippen molar-refractivity contribution in [2.45, 2.75) is 77.2 Å². The van der Waals surface area contributed by atoms with Crippen molar-refractivity contribution in [2.75, 3.05) is 31.5 Å². The van der Waals surface area contributed by atoms with E-state index in [1.54, 1.807) is 9.80 Å². The minimum Gasteiger partial charge on any atom is -0.490 e. The van der Waals surface area contributed by atoms with Gasteiger partial charge in [-0.2, -0.15) is 0 Å². The van der Waals surface area contributed by atoms with E-state index in [-0.39, 0.29) is 29.2 Å². The van der Waals surface area contributed by atoms with Crippen molar-refractivity contribution < 1.29 is 23.5 Å². The zero-order valence-electron chi connectivity index (χ0n) is 23.1. The van der Waals surface area contributed by atoms with Crippen molar-refractivity contribution >= 4 is 23.9 Å². The van der Waals surface area contributed by atoms with E-state index in [1.165, 1.54) is 25.3 Å². The van der Waals surface area contributed by atoms with Gasteiger partial charge in [0.2, 0.25) is 6.41 Å². The zero-order chi connectivity index (χ0) is 27.8. The Labute approximate surface area is 230 Å². The number of halogens is 1. The molecular formula is C31H40FN3O4. The predicted molar refractivity (Wildman–Crippen MR) is 150 cm³/mol. The quantitative estimate of drug-likeness (QED) is 0.377. The summed E-state index contributed by atoms with van der Waals surface area (Å²) in [6.07, 6.45) is 9.52. The summed E-state index contributed by atoms with van der Waals surface area (Å²) in [7, 11) is 0. The van der Waals surface area contributed by atoms with E-state index in [4.69, 9.17) is 4.74 Å². The molecule has 7 nitrogen and oxygen atoms in total. The van der Waals surface area contributed by atoms with E-state index in [9.17, 15) is 18.8 Å². The molecule has 3 amide bonds. The molecule has 1 heterocycles. The van der Waals surface area contributed by atoms with E-state index >= 15 is 0 Å². The summed E-state index contributed by atoms with van der Waals surface area (Å²) in [5.74, 6) is 0.344. The lowest BCUT2D eigenvalue weighted by atomic mass is 9.83. The highest BCUT2D eigenvalue weighted by Crippen LogP contribution is 2.39. The lowest BCUT2D eigenvalue weighted by Crippen LogP contribution is -2.50. The number of piperazine rings is 1. The Morgan fingerprint density at radius 2 is 1.64 bits per heavy atom. The molecule has 0 aromatic heterocycles. The number of carbonyl (C=O) groups excluding carboxylic acids is 3. The van der Waals surface area contributed by atoms with Crippen LogP contribution < -0.4 is 10.1 Å². The second-order valence-electron chi connectivity index (χ2n) is 10.6. The van der Waals surface area contributed by atoms with Crippen LogP contribution in [0.5, 0.6) is 5.75 Å². The van der Waals surface area contributed by atoms with E-state index in [0.717, 1.165) is 55.5 Å². The molecule has 2 fully saturated rings. The molecule has 210 valence electrons. The monoisotopic (exact) mass is 537 g/mol. The molecule has 1 atom stereocenters. The third kappa shape index (κ3) is 7.16. The van der Waals surface area contributed by atoms with Crippen LogP contribution in [0.4, 0.5) is 10.1 Å². The number of amides is 3. The Morgan fingerprint density at radius 1 is 0.974 bits per heavy atom. The van der Waals surface area contributed by atoms with Gasteiger partial charge in [0, 0.05) is 43.0 Å². The number of hydrogen-bond donors (Lipinski definition) is 1. The Balaban J connectivity index is 1.46. The molecule has 0 spiro atoms. The maximum atomic E-state index is 14.0. The van der Waals surface area contributed by atoms with E-state index < -0.39 is 5.82 Å². The van der Waals surface area contributed by atoms with Crippen LogP contribution in [0.2, 0.25) is 0 Å². The molecule has 0 unspecified atom stereocenters. The molecule has 2 aromatic rings. The van der Waals surface area contributed by atoms with Gasteiger partial charge in [0.25, 0.3) is 11.8 Å². The highest BCUT2D eigenvalue weighted by atomic mass is 19.1. The van der Waals surface area contributed by atoms with Crippen LogP contribution in [0.1, 0.15) is 97.4 Å². The summed E-state index contributed by atoms with van der Waals surface area (Å²) in [5, 5.41) is 2.39. The summed E-state index contributed by atoms with van der Waals surface area (Å²) in [6, 6.07) is 9.66. The number of nitrogens with one attached hydrogen (secondary N) is 1. The van der Waals surface area contributed by atoms with Gasteiger partial charge >= 0.3 is 0 Å². The third-order valence-electron chi connectivity index (χ3n) is 7.89. The molecule has 1 saturated carbocycles. The smallest absolute Gasteiger partial charge is 0.254 e. The molecule has 1 aliphatic heterocycles. The molecule has 2 aromatic carbocycles. The van der Waals surface area contributed by atoms with Crippen molar-refractivity contribution in [3.05, 3.63) is 58.9 Å². The van der Waals surface area contributed by atoms with Gasteiger partial charge in [-0.25, -0.2) is 4.39 Å². The number of nitrogens with zero attached hydrogens (tertiary/aromatic N) is 2. The van der Waals surface area contributed by atoms with Gasteiger partial charge in [0.1, 0.15) is 11.6 Å². The maximum Gasteiger partial charge on any atom is 0.254 e. The Kier molecular flexibility index (Phi) is 9.96. The van der Waals surface area contributed by atoms with Crippen LogP contribution in [-0.2, 0) is 4.79 Å². The highest BCUT2D eigenvalue weighted by molar-refractivity contribution is 5.97. The maximum absolute atomic E-state index is 14.0. The van der Waals surface area contributed by atoms with Gasteiger partial charge in [-0.1, -0.05) is 39.5 Å². The summed E-state index contributed by atoms with van der Waals surface area (Å²) in [5.41, 5.74) is 2.19. The van der Waals surface area contributed by atoms with Crippen LogP contribution in [0.15, 0.2) is 36.4 Å². The first-order valence-corrected chi connectivity index (χ1v) is 14.3. The van der Waals surface area contributed by atoms with Crippen LogP contribution in [0.25, 0.3) is 0 Å². The zero-order valence-corrected chi connectivity index (χ0v) is 23.1. The number of rotatable bonds is 10. The van der Waals surface area contributed by atoms with Gasteiger partial charge in [0.15, 0.2) is 0 Å². The fraction of sp³-hybridized carbons (Fsp3) is 0.516. The van der Waals surface area contributed by atoms with Gasteiger partial charge in [-0.3, -0.25) is 14.4 Å². The Bertz CT molecular complexity index is 1160. The van der Waals surface area contributed by atoms with Gasteiger partial charge < -0.3 is 19.9 Å². The third-order valence-corrected chi connectivity index (χ3v) is 7.89. The molecule has 4 rings (SSSR count). The summed E-state index contributed by atoms with van der Waals surface area (Å²) < 4.78 is 20.4. The largest absolute Gasteiger partial charge is 0.490 e. The second kappa shape index (κ2) is 13.6. The van der Waals surface area contributed by atoms with Gasteiger partial charge in [-0.05, 0) is 73.6 Å². The number of hydrogen-bond acceptors (Lipinski definition) is 4. The molecule has 1 saturated heterocycles. The number of ether oxygens (including phenoxy) is 1. The minimum atomic E-state index is -0.597. The first kappa shape index (κ1) is 28.6.